The van der Waals surface area contributed by atoms with Crippen molar-refractivity contribution in [1.29, 1.82) is 0 Å². The fourth-order valence-corrected chi connectivity index (χ4v) is 3.09. The van der Waals surface area contributed by atoms with Crippen LogP contribution in [-0.4, -0.2) is 37.1 Å². The minimum atomic E-state index is 0.709. The monoisotopic (exact) mass is 254 g/mol. The lowest BCUT2D eigenvalue weighted by molar-refractivity contribution is 0.141. The molecule has 0 radical (unpaired) electrons. The first-order chi connectivity index (χ1) is 8.71. The van der Waals surface area contributed by atoms with Gasteiger partial charge < -0.3 is 10.2 Å². The quantitative estimate of drug-likeness (QED) is 0.713. The summed E-state index contributed by atoms with van der Waals surface area (Å²) in [4.78, 5) is 2.70. The molecule has 0 saturated carbocycles. The van der Waals surface area contributed by atoms with Crippen molar-refractivity contribution < 1.29 is 0 Å². The fourth-order valence-electron chi connectivity index (χ4n) is 3.09. The van der Waals surface area contributed by atoms with Crippen LogP contribution in [0.1, 0.15) is 59.8 Å². The van der Waals surface area contributed by atoms with E-state index in [4.69, 9.17) is 0 Å². The molecule has 0 aromatic rings. The SMILES string of the molecule is CCCNC(C)C1CCN(CC(CC)CC)CC1. The van der Waals surface area contributed by atoms with Gasteiger partial charge in [-0.2, -0.15) is 0 Å². The summed E-state index contributed by atoms with van der Waals surface area (Å²) in [6.07, 6.45) is 6.70. The van der Waals surface area contributed by atoms with E-state index in [1.165, 1.54) is 58.3 Å². The van der Waals surface area contributed by atoms with E-state index in [1.54, 1.807) is 0 Å². The standard InChI is InChI=1S/C16H34N2/c1-5-10-17-14(4)16-8-11-18(12-9-16)13-15(6-2)7-3/h14-17H,5-13H2,1-4H3. The van der Waals surface area contributed by atoms with Crippen LogP contribution in [0.5, 0.6) is 0 Å². The molecule has 1 rings (SSSR count). The maximum absolute atomic E-state index is 3.66. The van der Waals surface area contributed by atoms with E-state index in [2.05, 4.69) is 37.9 Å². The van der Waals surface area contributed by atoms with Gasteiger partial charge in [0.05, 0.1) is 0 Å². The Bertz CT molecular complexity index is 193. The number of nitrogens with one attached hydrogen (secondary N) is 1. The number of hydrogen-bond donors (Lipinski definition) is 1. The van der Waals surface area contributed by atoms with Gasteiger partial charge in [0.2, 0.25) is 0 Å². The first-order valence-electron chi connectivity index (χ1n) is 8.16. The van der Waals surface area contributed by atoms with E-state index in [9.17, 15) is 0 Å². The molecule has 0 spiro atoms. The predicted octanol–water partition coefficient (Wildman–Crippen LogP) is 3.52. The molecule has 0 aromatic heterocycles. The summed E-state index contributed by atoms with van der Waals surface area (Å²) >= 11 is 0. The van der Waals surface area contributed by atoms with E-state index in [0.717, 1.165) is 11.8 Å². The van der Waals surface area contributed by atoms with Crippen molar-refractivity contribution in [3.05, 3.63) is 0 Å². The minimum Gasteiger partial charge on any atom is -0.314 e. The van der Waals surface area contributed by atoms with Crippen LogP contribution in [0.2, 0.25) is 0 Å². The number of nitrogens with zero attached hydrogens (tertiary/aromatic N) is 1. The zero-order valence-electron chi connectivity index (χ0n) is 13.0. The van der Waals surface area contributed by atoms with Gasteiger partial charge >= 0.3 is 0 Å². The Morgan fingerprint density at radius 3 is 2.22 bits per heavy atom. The molecule has 0 aliphatic carbocycles. The summed E-state index contributed by atoms with van der Waals surface area (Å²) in [6.45, 7) is 14.4. The van der Waals surface area contributed by atoms with Crippen LogP contribution >= 0.6 is 0 Å². The molecule has 2 nitrogen and oxygen atoms in total. The number of hydrogen-bond acceptors (Lipinski definition) is 2. The Morgan fingerprint density at radius 2 is 1.72 bits per heavy atom. The first kappa shape index (κ1) is 16.0. The van der Waals surface area contributed by atoms with Crippen molar-refractivity contribution in [1.82, 2.24) is 10.2 Å². The third-order valence-electron chi connectivity index (χ3n) is 4.73. The maximum atomic E-state index is 3.66. The van der Waals surface area contributed by atoms with Gasteiger partial charge in [-0.15, -0.1) is 0 Å². The zero-order valence-corrected chi connectivity index (χ0v) is 13.0. The molecule has 1 aliphatic heterocycles. The topological polar surface area (TPSA) is 15.3 Å². The van der Waals surface area contributed by atoms with Crippen molar-refractivity contribution in [3.8, 4) is 0 Å². The van der Waals surface area contributed by atoms with Gasteiger partial charge in [-0.25, -0.2) is 0 Å². The molecule has 18 heavy (non-hydrogen) atoms. The Morgan fingerprint density at radius 1 is 1.11 bits per heavy atom. The smallest absolute Gasteiger partial charge is 0.00679 e. The molecule has 108 valence electrons. The van der Waals surface area contributed by atoms with Crippen molar-refractivity contribution in [2.75, 3.05) is 26.2 Å². The summed E-state index contributed by atoms with van der Waals surface area (Å²) in [5.41, 5.74) is 0. The van der Waals surface area contributed by atoms with Crippen molar-refractivity contribution in [2.45, 2.75) is 65.8 Å². The van der Waals surface area contributed by atoms with Crippen LogP contribution in [-0.2, 0) is 0 Å². The highest BCUT2D eigenvalue weighted by Gasteiger charge is 2.24. The summed E-state index contributed by atoms with van der Waals surface area (Å²) in [5, 5.41) is 3.66. The Kier molecular flexibility index (Phi) is 7.92. The van der Waals surface area contributed by atoms with Gasteiger partial charge in [-0.05, 0) is 57.7 Å². The third-order valence-corrected chi connectivity index (χ3v) is 4.73. The summed E-state index contributed by atoms with van der Waals surface area (Å²) < 4.78 is 0. The Hall–Kier alpha value is -0.0800. The lowest BCUT2D eigenvalue weighted by atomic mass is 9.89. The molecule has 0 bridgehead atoms. The molecule has 1 aliphatic rings. The van der Waals surface area contributed by atoms with E-state index in [0.29, 0.717) is 6.04 Å². The van der Waals surface area contributed by atoms with E-state index >= 15 is 0 Å². The van der Waals surface area contributed by atoms with Gasteiger partial charge in [0.1, 0.15) is 0 Å². The number of rotatable bonds is 8. The maximum Gasteiger partial charge on any atom is 0.00679 e. The molecule has 0 aromatic carbocycles. The molecule has 1 heterocycles. The molecule has 2 heteroatoms. The van der Waals surface area contributed by atoms with Crippen LogP contribution in [0.15, 0.2) is 0 Å². The second kappa shape index (κ2) is 8.92. The van der Waals surface area contributed by atoms with Crippen LogP contribution < -0.4 is 5.32 Å². The highest BCUT2D eigenvalue weighted by atomic mass is 15.1. The Balaban J connectivity index is 2.23. The van der Waals surface area contributed by atoms with Gasteiger partial charge in [-0.3, -0.25) is 0 Å². The average Bonchev–Trinajstić information content (AvgIpc) is 2.42. The second-order valence-corrected chi connectivity index (χ2v) is 6.06. The van der Waals surface area contributed by atoms with Crippen LogP contribution in [0.4, 0.5) is 0 Å². The second-order valence-electron chi connectivity index (χ2n) is 6.06. The minimum absolute atomic E-state index is 0.709. The van der Waals surface area contributed by atoms with Crippen LogP contribution in [0.25, 0.3) is 0 Å². The fraction of sp³-hybridized carbons (Fsp3) is 1.00. The highest BCUT2D eigenvalue weighted by Crippen LogP contribution is 2.22. The van der Waals surface area contributed by atoms with Crippen molar-refractivity contribution >= 4 is 0 Å². The molecule has 1 atom stereocenters. The molecule has 0 amide bonds. The van der Waals surface area contributed by atoms with Crippen LogP contribution in [0.3, 0.4) is 0 Å². The van der Waals surface area contributed by atoms with E-state index in [1.807, 2.05) is 0 Å². The van der Waals surface area contributed by atoms with Gasteiger partial charge in [-0.1, -0.05) is 33.6 Å². The predicted molar refractivity (Wildman–Crippen MR) is 81.0 cm³/mol. The molecule has 1 unspecified atom stereocenters. The normalized spacial score (nSPS) is 20.5. The number of likely N-dealkylation sites (tertiary alicyclic amines) is 1. The molecule has 1 N–H and O–H groups in total. The summed E-state index contributed by atoms with van der Waals surface area (Å²) in [6, 6.07) is 0.709. The number of piperidine rings is 1. The van der Waals surface area contributed by atoms with Gasteiger partial charge in [0.25, 0.3) is 0 Å². The summed E-state index contributed by atoms with van der Waals surface area (Å²) in [7, 11) is 0. The lowest BCUT2D eigenvalue weighted by Gasteiger charge is -2.36. The van der Waals surface area contributed by atoms with E-state index in [-0.39, 0.29) is 0 Å². The van der Waals surface area contributed by atoms with Crippen molar-refractivity contribution in [3.63, 3.8) is 0 Å². The molecular weight excluding hydrogens is 220 g/mol. The van der Waals surface area contributed by atoms with Crippen molar-refractivity contribution in [2.24, 2.45) is 11.8 Å². The summed E-state index contributed by atoms with van der Waals surface area (Å²) in [5.74, 6) is 1.81. The zero-order chi connectivity index (χ0) is 13.4. The first-order valence-corrected chi connectivity index (χ1v) is 8.16. The van der Waals surface area contributed by atoms with Gasteiger partial charge in [0, 0.05) is 12.6 Å². The van der Waals surface area contributed by atoms with E-state index < -0.39 is 0 Å². The van der Waals surface area contributed by atoms with Gasteiger partial charge in [0.15, 0.2) is 0 Å². The average molecular weight is 254 g/mol. The van der Waals surface area contributed by atoms with Crippen LogP contribution in [0, 0.1) is 11.8 Å². The molecule has 1 saturated heterocycles. The third kappa shape index (κ3) is 5.27. The largest absolute Gasteiger partial charge is 0.314 e. The Labute approximate surface area is 115 Å². The molecular formula is C16H34N2. The highest BCUT2D eigenvalue weighted by molar-refractivity contribution is 4.80. The lowest BCUT2D eigenvalue weighted by Crippen LogP contribution is -2.43. The molecule has 1 fully saturated rings.